The van der Waals surface area contributed by atoms with Gasteiger partial charge in [0, 0.05) is 31.8 Å². The third kappa shape index (κ3) is 5.88. The van der Waals surface area contributed by atoms with E-state index in [1.165, 1.54) is 6.07 Å². The maximum absolute atomic E-state index is 12.8. The summed E-state index contributed by atoms with van der Waals surface area (Å²) in [5.74, 6) is 2.21. The highest BCUT2D eigenvalue weighted by molar-refractivity contribution is 5.79. The van der Waals surface area contributed by atoms with Crippen molar-refractivity contribution >= 4 is 5.96 Å². The smallest absolute Gasteiger partial charge is 0.387 e. The number of ether oxygens (including phenoxy) is 4. The van der Waals surface area contributed by atoms with Crippen molar-refractivity contribution in [2.24, 2.45) is 4.99 Å². The number of aliphatic imine (C=N–C) groups is 1. The number of fused-ring (bicyclic) bond motifs is 1. The summed E-state index contributed by atoms with van der Waals surface area (Å²) in [4.78, 5) is 4.16. The Balaban J connectivity index is 1.59. The minimum Gasteiger partial charge on any atom is -0.491 e. The fourth-order valence-corrected chi connectivity index (χ4v) is 2.85. The van der Waals surface area contributed by atoms with E-state index < -0.39 is 6.61 Å². The maximum atomic E-state index is 12.8. The van der Waals surface area contributed by atoms with Gasteiger partial charge in [-0.05, 0) is 37.6 Å². The average molecular weight is 421 g/mol. The SMILES string of the molecule is CN=C(NCc1ccc(OC(C)C)cc1)NCc1cc2c(cc1OC(F)F)OCO2. The fourth-order valence-electron chi connectivity index (χ4n) is 2.85. The van der Waals surface area contributed by atoms with E-state index in [9.17, 15) is 8.78 Å². The second-order valence-electron chi connectivity index (χ2n) is 6.78. The lowest BCUT2D eigenvalue weighted by molar-refractivity contribution is -0.0505. The number of guanidine groups is 1. The van der Waals surface area contributed by atoms with Crippen LogP contribution in [0.3, 0.4) is 0 Å². The van der Waals surface area contributed by atoms with Gasteiger partial charge in [0.15, 0.2) is 17.5 Å². The van der Waals surface area contributed by atoms with E-state index in [4.69, 9.17) is 14.2 Å². The van der Waals surface area contributed by atoms with Crippen molar-refractivity contribution in [3.05, 3.63) is 47.5 Å². The van der Waals surface area contributed by atoms with Crippen molar-refractivity contribution in [3.8, 4) is 23.0 Å². The van der Waals surface area contributed by atoms with Gasteiger partial charge in [0.05, 0.1) is 6.10 Å². The first-order valence-corrected chi connectivity index (χ1v) is 9.52. The van der Waals surface area contributed by atoms with Crippen LogP contribution in [0, 0.1) is 0 Å². The van der Waals surface area contributed by atoms with Crippen LogP contribution in [0.1, 0.15) is 25.0 Å². The monoisotopic (exact) mass is 421 g/mol. The van der Waals surface area contributed by atoms with Crippen molar-refractivity contribution in [1.29, 1.82) is 0 Å². The minimum atomic E-state index is -2.94. The molecule has 0 amide bonds. The second-order valence-corrected chi connectivity index (χ2v) is 6.78. The number of rotatable bonds is 8. The summed E-state index contributed by atoms with van der Waals surface area (Å²) in [7, 11) is 1.63. The number of nitrogens with one attached hydrogen (secondary N) is 2. The Hall–Kier alpha value is -3.23. The molecule has 162 valence electrons. The lowest BCUT2D eigenvalue weighted by Crippen LogP contribution is -2.36. The first kappa shape index (κ1) is 21.5. The van der Waals surface area contributed by atoms with E-state index in [2.05, 4.69) is 20.4 Å². The Kier molecular flexibility index (Phi) is 7.16. The molecule has 0 saturated heterocycles. The van der Waals surface area contributed by atoms with Gasteiger partial charge in [0.2, 0.25) is 6.79 Å². The van der Waals surface area contributed by atoms with Gasteiger partial charge in [-0.1, -0.05) is 12.1 Å². The van der Waals surface area contributed by atoms with Gasteiger partial charge in [-0.3, -0.25) is 4.99 Å². The van der Waals surface area contributed by atoms with Crippen molar-refractivity contribution in [1.82, 2.24) is 10.6 Å². The molecule has 0 unspecified atom stereocenters. The molecule has 0 fully saturated rings. The Morgan fingerprint density at radius 2 is 1.70 bits per heavy atom. The quantitative estimate of drug-likeness (QED) is 0.501. The second kappa shape index (κ2) is 10.00. The molecule has 7 nitrogen and oxygen atoms in total. The molecule has 0 aromatic heterocycles. The highest BCUT2D eigenvalue weighted by atomic mass is 19.3. The molecule has 0 bridgehead atoms. The number of benzene rings is 2. The third-order valence-corrected chi connectivity index (χ3v) is 4.20. The zero-order valence-electron chi connectivity index (χ0n) is 17.1. The molecule has 0 saturated carbocycles. The lowest BCUT2D eigenvalue weighted by Gasteiger charge is -2.15. The predicted molar refractivity (Wildman–Crippen MR) is 108 cm³/mol. The molecule has 0 radical (unpaired) electrons. The van der Waals surface area contributed by atoms with E-state index >= 15 is 0 Å². The van der Waals surface area contributed by atoms with Gasteiger partial charge in [0.1, 0.15) is 11.5 Å². The standard InChI is InChI=1S/C21H25F2N3O4/c1-13(2)29-16-6-4-14(5-7-16)10-25-21(24-3)26-11-15-8-18-19(28-12-27-18)9-17(15)30-20(22)23/h4-9,13,20H,10-12H2,1-3H3,(H2,24,25,26). The van der Waals surface area contributed by atoms with Crippen molar-refractivity contribution < 1.29 is 27.7 Å². The summed E-state index contributed by atoms with van der Waals surface area (Å²) < 4.78 is 46.3. The van der Waals surface area contributed by atoms with Gasteiger partial charge >= 0.3 is 6.61 Å². The van der Waals surface area contributed by atoms with Gasteiger partial charge in [-0.15, -0.1) is 0 Å². The predicted octanol–water partition coefficient (Wildman–Crippen LogP) is 3.67. The molecule has 9 heteroatoms. The van der Waals surface area contributed by atoms with E-state index in [1.807, 2.05) is 38.1 Å². The maximum Gasteiger partial charge on any atom is 0.387 e. The number of alkyl halides is 2. The summed E-state index contributed by atoms with van der Waals surface area (Å²) in [6.45, 7) is 1.79. The molecule has 2 N–H and O–H groups in total. The Morgan fingerprint density at radius 1 is 1.03 bits per heavy atom. The summed E-state index contributed by atoms with van der Waals surface area (Å²) in [6, 6.07) is 10.8. The average Bonchev–Trinajstić information content (AvgIpc) is 3.15. The fraction of sp³-hybridized carbons (Fsp3) is 0.381. The summed E-state index contributed by atoms with van der Waals surface area (Å²) in [5.41, 5.74) is 1.54. The Bertz CT molecular complexity index is 873. The van der Waals surface area contributed by atoms with Crippen molar-refractivity contribution in [3.63, 3.8) is 0 Å². The first-order valence-electron chi connectivity index (χ1n) is 9.52. The van der Waals surface area contributed by atoms with Gasteiger partial charge in [0.25, 0.3) is 0 Å². The van der Waals surface area contributed by atoms with Crippen LogP contribution in [0.2, 0.25) is 0 Å². The van der Waals surface area contributed by atoms with Gasteiger partial charge in [-0.25, -0.2) is 0 Å². The number of halogens is 2. The number of hydrogen-bond acceptors (Lipinski definition) is 5. The van der Waals surface area contributed by atoms with Crippen molar-refractivity contribution in [2.45, 2.75) is 39.7 Å². The van der Waals surface area contributed by atoms with E-state index in [-0.39, 0.29) is 25.2 Å². The molecule has 0 atom stereocenters. The lowest BCUT2D eigenvalue weighted by atomic mass is 10.1. The van der Waals surface area contributed by atoms with Crippen LogP contribution in [-0.4, -0.2) is 32.5 Å². The van der Waals surface area contributed by atoms with E-state index in [0.29, 0.717) is 29.6 Å². The van der Waals surface area contributed by atoms with Gasteiger partial charge in [-0.2, -0.15) is 8.78 Å². The van der Waals surface area contributed by atoms with Gasteiger partial charge < -0.3 is 29.6 Å². The highest BCUT2D eigenvalue weighted by Gasteiger charge is 2.20. The Morgan fingerprint density at radius 3 is 2.33 bits per heavy atom. The normalized spacial score (nSPS) is 13.0. The molecule has 1 heterocycles. The highest BCUT2D eigenvalue weighted by Crippen LogP contribution is 2.38. The molecule has 0 aliphatic carbocycles. The minimum absolute atomic E-state index is 0.0259. The summed E-state index contributed by atoms with van der Waals surface area (Å²) in [5, 5.41) is 6.27. The molecule has 2 aromatic carbocycles. The Labute approximate surface area is 174 Å². The summed E-state index contributed by atoms with van der Waals surface area (Å²) in [6.07, 6.45) is 0.118. The van der Waals surface area contributed by atoms with Crippen LogP contribution < -0.4 is 29.6 Å². The third-order valence-electron chi connectivity index (χ3n) is 4.20. The van der Waals surface area contributed by atoms with Crippen molar-refractivity contribution in [2.75, 3.05) is 13.8 Å². The van der Waals surface area contributed by atoms with E-state index in [1.54, 1.807) is 13.1 Å². The molecular formula is C21H25F2N3O4. The zero-order valence-corrected chi connectivity index (χ0v) is 17.1. The topological polar surface area (TPSA) is 73.3 Å². The molecule has 0 spiro atoms. The van der Waals surface area contributed by atoms with Crippen LogP contribution in [0.15, 0.2) is 41.4 Å². The van der Waals surface area contributed by atoms with Crippen LogP contribution >= 0.6 is 0 Å². The molecule has 30 heavy (non-hydrogen) atoms. The van der Waals surface area contributed by atoms with Crippen LogP contribution in [0.5, 0.6) is 23.0 Å². The molecule has 2 aromatic rings. The number of hydrogen-bond donors (Lipinski definition) is 2. The molecule has 1 aliphatic heterocycles. The largest absolute Gasteiger partial charge is 0.491 e. The van der Waals surface area contributed by atoms with Crippen LogP contribution in [0.25, 0.3) is 0 Å². The molecular weight excluding hydrogens is 396 g/mol. The number of nitrogens with zero attached hydrogens (tertiary/aromatic N) is 1. The van der Waals surface area contributed by atoms with Crippen LogP contribution in [-0.2, 0) is 13.1 Å². The van der Waals surface area contributed by atoms with E-state index in [0.717, 1.165) is 11.3 Å². The zero-order chi connectivity index (χ0) is 21.5. The van der Waals surface area contributed by atoms with Crippen LogP contribution in [0.4, 0.5) is 8.78 Å². The summed E-state index contributed by atoms with van der Waals surface area (Å²) >= 11 is 0. The molecule has 1 aliphatic rings. The molecule has 3 rings (SSSR count). The first-order chi connectivity index (χ1) is 14.4.